The van der Waals surface area contributed by atoms with Gasteiger partial charge in [0.1, 0.15) is 0 Å². The zero-order chi connectivity index (χ0) is 26.0. The molecule has 2 aromatic rings. The maximum Gasteiger partial charge on any atom is 0.268 e. The third-order valence-corrected chi connectivity index (χ3v) is 8.67. The molecule has 0 spiro atoms. The zero-order valence-corrected chi connectivity index (χ0v) is 22.3. The first-order valence-corrected chi connectivity index (χ1v) is 13.3. The Hall–Kier alpha value is -2.20. The second-order valence-electron chi connectivity index (χ2n) is 8.47. The Morgan fingerprint density at radius 3 is 2.20 bits per heavy atom. The topological polar surface area (TPSA) is 102 Å². The van der Waals surface area contributed by atoms with Crippen LogP contribution in [0.4, 0.5) is 0 Å². The molecular weight excluding hydrogens is 517 g/mol. The highest BCUT2D eigenvalue weighted by Gasteiger charge is 2.51. The first kappa shape index (κ1) is 27.4. The Morgan fingerprint density at radius 1 is 1.09 bits per heavy atom. The highest BCUT2D eigenvalue weighted by atomic mass is 35.5. The van der Waals surface area contributed by atoms with Crippen molar-refractivity contribution in [1.82, 2.24) is 4.90 Å². The van der Waals surface area contributed by atoms with Crippen molar-refractivity contribution in [2.24, 2.45) is 0 Å². The van der Waals surface area contributed by atoms with Crippen LogP contribution in [-0.4, -0.2) is 63.4 Å². The van der Waals surface area contributed by atoms with Crippen LogP contribution in [0.15, 0.2) is 30.3 Å². The van der Waals surface area contributed by atoms with E-state index in [2.05, 4.69) is 0 Å². The summed E-state index contributed by atoms with van der Waals surface area (Å²) in [6.07, 6.45) is 1.05. The number of hydrogen-bond donors (Lipinski definition) is 1. The lowest BCUT2D eigenvalue weighted by Gasteiger charge is -2.36. The van der Waals surface area contributed by atoms with Gasteiger partial charge in [0.25, 0.3) is 16.0 Å². The van der Waals surface area contributed by atoms with E-state index in [1.54, 1.807) is 35.2 Å². The number of carbonyl (C=O) groups is 1. The minimum Gasteiger partial charge on any atom is -0.493 e. The number of rotatable bonds is 9. The summed E-state index contributed by atoms with van der Waals surface area (Å²) in [7, 11) is -0.0723. The lowest BCUT2D eigenvalue weighted by atomic mass is 9.75. The molecule has 3 rings (SSSR count). The molecule has 1 N–H and O–H groups in total. The fourth-order valence-electron chi connectivity index (χ4n) is 4.86. The highest BCUT2D eigenvalue weighted by Crippen LogP contribution is 2.45. The maximum atomic E-state index is 13.6. The van der Waals surface area contributed by atoms with Gasteiger partial charge in [-0.1, -0.05) is 42.6 Å². The van der Waals surface area contributed by atoms with Crippen LogP contribution in [0.2, 0.25) is 10.0 Å². The van der Waals surface area contributed by atoms with Gasteiger partial charge >= 0.3 is 0 Å². The van der Waals surface area contributed by atoms with Crippen molar-refractivity contribution in [2.75, 3.05) is 34.4 Å². The summed E-state index contributed by atoms with van der Waals surface area (Å²) in [6, 6.07) is 8.02. The van der Waals surface area contributed by atoms with Crippen molar-refractivity contribution in [2.45, 2.75) is 36.9 Å². The van der Waals surface area contributed by atoms with Gasteiger partial charge in [0.05, 0.1) is 36.6 Å². The average Bonchev–Trinajstić information content (AvgIpc) is 3.27. The summed E-state index contributed by atoms with van der Waals surface area (Å²) in [5.41, 5.74) is -0.180. The lowest BCUT2D eigenvalue weighted by molar-refractivity contribution is 0.0781. The summed E-state index contributed by atoms with van der Waals surface area (Å²) in [5.74, 6) is 0.670. The molecule has 35 heavy (non-hydrogen) atoms. The molecule has 192 valence electrons. The van der Waals surface area contributed by atoms with Crippen molar-refractivity contribution in [3.8, 4) is 17.2 Å². The summed E-state index contributed by atoms with van der Waals surface area (Å²) in [5, 5.41) is -0.536. The van der Waals surface area contributed by atoms with E-state index in [-0.39, 0.29) is 30.4 Å². The number of hydrogen-bond acceptors (Lipinski definition) is 6. The van der Waals surface area contributed by atoms with E-state index in [4.69, 9.17) is 37.4 Å². The Balaban J connectivity index is 2.08. The third-order valence-electron chi connectivity index (χ3n) is 6.52. The van der Waals surface area contributed by atoms with Gasteiger partial charge in [0, 0.05) is 24.1 Å². The van der Waals surface area contributed by atoms with Crippen LogP contribution in [0, 0.1) is 0 Å². The molecule has 1 fully saturated rings. The molecule has 1 saturated heterocycles. The van der Waals surface area contributed by atoms with Gasteiger partial charge in [-0.15, -0.1) is 0 Å². The largest absolute Gasteiger partial charge is 0.493 e. The number of nitrogens with zero attached hydrogens (tertiary/aromatic N) is 1. The quantitative estimate of drug-likeness (QED) is 0.448. The molecule has 0 saturated carbocycles. The van der Waals surface area contributed by atoms with Crippen LogP contribution >= 0.6 is 23.2 Å². The fraction of sp³-hybridized carbons (Fsp3) is 0.458. The van der Waals surface area contributed by atoms with Crippen LogP contribution < -0.4 is 14.2 Å². The van der Waals surface area contributed by atoms with Gasteiger partial charge in [-0.25, -0.2) is 0 Å². The Bertz CT molecular complexity index is 1180. The minimum atomic E-state index is -4.45. The predicted molar refractivity (Wildman–Crippen MR) is 135 cm³/mol. The van der Waals surface area contributed by atoms with Gasteiger partial charge in [-0.2, -0.15) is 8.42 Å². The van der Waals surface area contributed by atoms with E-state index in [1.165, 1.54) is 21.3 Å². The molecular formula is C24H29Cl2NO7S. The summed E-state index contributed by atoms with van der Waals surface area (Å²) < 4.78 is 51.4. The molecule has 0 aromatic heterocycles. The fourth-order valence-corrected chi connectivity index (χ4v) is 6.59. The molecule has 8 nitrogen and oxygen atoms in total. The van der Waals surface area contributed by atoms with Crippen LogP contribution in [0.25, 0.3) is 0 Å². The molecule has 2 atom stereocenters. The molecule has 2 unspecified atom stereocenters. The molecule has 11 heteroatoms. The molecule has 1 heterocycles. The number of ether oxygens (including phenoxy) is 3. The summed E-state index contributed by atoms with van der Waals surface area (Å²) >= 11 is 12.4. The van der Waals surface area contributed by atoms with Crippen molar-refractivity contribution >= 4 is 39.2 Å². The molecule has 1 aliphatic rings. The summed E-state index contributed by atoms with van der Waals surface area (Å²) in [4.78, 5) is 15.1. The monoisotopic (exact) mass is 545 g/mol. The van der Waals surface area contributed by atoms with E-state index in [9.17, 15) is 17.8 Å². The van der Waals surface area contributed by atoms with Gasteiger partial charge in [-0.05, 0) is 42.7 Å². The molecule has 0 aliphatic carbocycles. The van der Waals surface area contributed by atoms with Crippen LogP contribution in [-0.2, 0) is 15.5 Å². The second kappa shape index (κ2) is 10.8. The van der Waals surface area contributed by atoms with E-state index < -0.39 is 20.8 Å². The van der Waals surface area contributed by atoms with Crippen LogP contribution in [0.1, 0.15) is 42.1 Å². The van der Waals surface area contributed by atoms with Gasteiger partial charge in [-0.3, -0.25) is 9.35 Å². The Labute approximate surface area is 215 Å². The van der Waals surface area contributed by atoms with Gasteiger partial charge < -0.3 is 19.1 Å². The van der Waals surface area contributed by atoms with Crippen molar-refractivity contribution in [3.63, 3.8) is 0 Å². The molecule has 0 radical (unpaired) electrons. The molecule has 1 amide bonds. The second-order valence-corrected chi connectivity index (χ2v) is 10.9. The zero-order valence-electron chi connectivity index (χ0n) is 20.0. The van der Waals surface area contributed by atoms with Gasteiger partial charge in [0.15, 0.2) is 11.5 Å². The average molecular weight is 546 g/mol. The predicted octanol–water partition coefficient (Wildman–Crippen LogP) is 4.86. The van der Waals surface area contributed by atoms with Gasteiger partial charge in [0.2, 0.25) is 5.75 Å². The van der Waals surface area contributed by atoms with E-state index in [0.717, 1.165) is 0 Å². The number of likely N-dealkylation sites (tertiary alicyclic amines) is 1. The van der Waals surface area contributed by atoms with Crippen molar-refractivity contribution in [1.29, 1.82) is 0 Å². The highest BCUT2D eigenvalue weighted by molar-refractivity contribution is 7.86. The SMILES string of the molecule is CCCC(C1(c2ccc(Cl)c(Cl)c2)CCN(C(=O)c2cc(OC)c(OC)c(OC)c2)C1)S(=O)(=O)O. The molecule has 1 aliphatic heterocycles. The van der Waals surface area contributed by atoms with Crippen molar-refractivity contribution < 1.29 is 32.0 Å². The number of carbonyl (C=O) groups excluding carboxylic acids is 1. The Kier molecular flexibility index (Phi) is 8.47. The van der Waals surface area contributed by atoms with Crippen LogP contribution in [0.5, 0.6) is 17.2 Å². The van der Waals surface area contributed by atoms with Crippen molar-refractivity contribution in [3.05, 3.63) is 51.5 Å². The number of amides is 1. The first-order chi connectivity index (χ1) is 16.5. The maximum absolute atomic E-state index is 13.6. The van der Waals surface area contributed by atoms with E-state index >= 15 is 0 Å². The third kappa shape index (κ3) is 5.33. The standard InChI is InChI=1S/C24H29Cl2NO7S/c1-5-6-21(35(29,30)31)24(16-7-8-17(25)18(26)13-16)9-10-27(14-24)23(28)15-11-19(32-2)22(34-4)20(12-15)33-3/h7-8,11-13,21H,5-6,9-10,14H2,1-4H3,(H,29,30,31). The number of benzene rings is 2. The normalized spacial score (nSPS) is 18.9. The first-order valence-electron chi connectivity index (χ1n) is 11.0. The minimum absolute atomic E-state index is 0.0604. The Morgan fingerprint density at radius 2 is 1.71 bits per heavy atom. The lowest BCUT2D eigenvalue weighted by Crippen LogP contribution is -2.47. The number of methoxy groups -OCH3 is 3. The van der Waals surface area contributed by atoms with E-state index in [1.807, 2.05) is 6.92 Å². The smallest absolute Gasteiger partial charge is 0.268 e. The molecule has 0 bridgehead atoms. The molecule has 2 aromatic carbocycles. The summed E-state index contributed by atoms with van der Waals surface area (Å²) in [6.45, 7) is 2.17. The van der Waals surface area contributed by atoms with Crippen LogP contribution in [0.3, 0.4) is 0 Å². The van der Waals surface area contributed by atoms with E-state index in [0.29, 0.717) is 46.2 Å². The number of halogens is 2.